The number of nitrogens with two attached hydrogens (primary N) is 1. The van der Waals surface area contributed by atoms with E-state index in [9.17, 15) is 4.79 Å². The van der Waals surface area contributed by atoms with E-state index in [2.05, 4.69) is 33.4 Å². The quantitative estimate of drug-likeness (QED) is 0.776. The summed E-state index contributed by atoms with van der Waals surface area (Å²) < 4.78 is 4.72. The maximum Gasteiger partial charge on any atom is 0.409 e. The summed E-state index contributed by atoms with van der Waals surface area (Å²) in [5.41, 5.74) is 5.09. The summed E-state index contributed by atoms with van der Waals surface area (Å²) in [6, 6.07) is 0. The van der Waals surface area contributed by atoms with E-state index in [4.69, 9.17) is 4.74 Å². The minimum atomic E-state index is -0.160. The van der Waals surface area contributed by atoms with Crippen molar-refractivity contribution in [1.82, 2.24) is 4.90 Å². The van der Waals surface area contributed by atoms with E-state index in [-0.39, 0.29) is 6.09 Å². The largest absolute Gasteiger partial charge is 0.453 e. The molecular formula is C20H42N2O2. The second kappa shape index (κ2) is 12.6. The molecule has 1 saturated heterocycles. The Morgan fingerprint density at radius 2 is 1.79 bits per heavy atom. The second-order valence-electron chi connectivity index (χ2n) is 7.63. The Balaban J connectivity index is 0.000000456. The van der Waals surface area contributed by atoms with Crippen LogP contribution in [0, 0.1) is 17.3 Å². The zero-order valence-corrected chi connectivity index (χ0v) is 17.1. The van der Waals surface area contributed by atoms with Crippen molar-refractivity contribution in [3.63, 3.8) is 0 Å². The first-order chi connectivity index (χ1) is 11.5. The van der Waals surface area contributed by atoms with Crippen LogP contribution in [0.2, 0.25) is 0 Å². The molecule has 4 heteroatoms. The molecule has 1 amide bonds. The van der Waals surface area contributed by atoms with Gasteiger partial charge in [0.2, 0.25) is 0 Å². The van der Waals surface area contributed by atoms with E-state index in [1.807, 2.05) is 4.90 Å². The number of amides is 1. The molecule has 24 heavy (non-hydrogen) atoms. The van der Waals surface area contributed by atoms with Crippen molar-refractivity contribution >= 4 is 6.09 Å². The summed E-state index contributed by atoms with van der Waals surface area (Å²) in [6.07, 6.45) is 10.4. The highest BCUT2D eigenvalue weighted by molar-refractivity contribution is 5.67. The highest BCUT2D eigenvalue weighted by Gasteiger charge is 2.44. The Kier molecular flexibility index (Phi) is 12.2. The molecule has 1 spiro atoms. The summed E-state index contributed by atoms with van der Waals surface area (Å²) in [5, 5.41) is 0. The molecule has 2 aliphatic rings. The SMILES string of the molecule is CCCCC(C)CC.CN.COC(=O)N1CCC2(CC1)CC(C)C2. The van der Waals surface area contributed by atoms with Gasteiger partial charge in [0, 0.05) is 13.1 Å². The minimum Gasteiger partial charge on any atom is -0.453 e. The summed E-state index contributed by atoms with van der Waals surface area (Å²) in [6.45, 7) is 10.9. The maximum absolute atomic E-state index is 11.3. The number of piperidine rings is 1. The van der Waals surface area contributed by atoms with Crippen molar-refractivity contribution in [1.29, 1.82) is 0 Å². The molecule has 2 N–H and O–H groups in total. The Morgan fingerprint density at radius 3 is 2.17 bits per heavy atom. The molecule has 1 aliphatic carbocycles. The minimum absolute atomic E-state index is 0.160. The van der Waals surface area contributed by atoms with Crippen molar-refractivity contribution in [3.05, 3.63) is 0 Å². The summed E-state index contributed by atoms with van der Waals surface area (Å²) in [7, 11) is 2.96. The van der Waals surface area contributed by atoms with E-state index >= 15 is 0 Å². The molecule has 1 atom stereocenters. The Morgan fingerprint density at radius 1 is 1.25 bits per heavy atom. The third kappa shape index (κ3) is 7.87. The van der Waals surface area contributed by atoms with Gasteiger partial charge in [-0.05, 0) is 50.0 Å². The van der Waals surface area contributed by atoms with E-state index in [1.54, 1.807) is 0 Å². The van der Waals surface area contributed by atoms with Crippen LogP contribution in [0.3, 0.4) is 0 Å². The molecule has 1 unspecified atom stereocenters. The van der Waals surface area contributed by atoms with Gasteiger partial charge in [0.25, 0.3) is 0 Å². The fraction of sp³-hybridized carbons (Fsp3) is 0.950. The van der Waals surface area contributed by atoms with Crippen molar-refractivity contribution in [3.8, 4) is 0 Å². The first-order valence-electron chi connectivity index (χ1n) is 9.87. The molecule has 4 nitrogen and oxygen atoms in total. The third-order valence-corrected chi connectivity index (χ3v) is 5.57. The topological polar surface area (TPSA) is 55.6 Å². The molecule has 0 aromatic rings. The van der Waals surface area contributed by atoms with Gasteiger partial charge in [-0.2, -0.15) is 0 Å². The summed E-state index contributed by atoms with van der Waals surface area (Å²) >= 11 is 0. The summed E-state index contributed by atoms with van der Waals surface area (Å²) in [4.78, 5) is 13.1. The number of rotatable bonds is 4. The molecule has 0 aromatic heterocycles. The lowest BCUT2D eigenvalue weighted by molar-refractivity contribution is -0.00396. The van der Waals surface area contributed by atoms with Crippen LogP contribution < -0.4 is 5.73 Å². The van der Waals surface area contributed by atoms with Gasteiger partial charge in [-0.15, -0.1) is 0 Å². The van der Waals surface area contributed by atoms with E-state index in [0.717, 1.165) is 24.9 Å². The lowest BCUT2D eigenvalue weighted by Crippen LogP contribution is -2.48. The van der Waals surface area contributed by atoms with Gasteiger partial charge in [0.05, 0.1) is 7.11 Å². The fourth-order valence-corrected chi connectivity index (χ4v) is 3.88. The molecule has 0 aromatic carbocycles. The number of carbonyl (C=O) groups is 1. The normalized spacial score (nSPS) is 20.0. The Hall–Kier alpha value is -0.770. The van der Waals surface area contributed by atoms with Gasteiger partial charge < -0.3 is 15.4 Å². The number of hydrogen-bond donors (Lipinski definition) is 1. The smallest absolute Gasteiger partial charge is 0.409 e. The number of likely N-dealkylation sites (tertiary alicyclic amines) is 1. The van der Waals surface area contributed by atoms with Crippen LogP contribution in [-0.2, 0) is 4.74 Å². The molecule has 1 saturated carbocycles. The van der Waals surface area contributed by atoms with E-state index in [1.165, 1.54) is 65.5 Å². The molecule has 2 fully saturated rings. The third-order valence-electron chi connectivity index (χ3n) is 5.57. The van der Waals surface area contributed by atoms with Gasteiger partial charge >= 0.3 is 6.09 Å². The monoisotopic (exact) mass is 342 g/mol. The van der Waals surface area contributed by atoms with Crippen molar-refractivity contribution in [2.24, 2.45) is 23.0 Å². The van der Waals surface area contributed by atoms with E-state index < -0.39 is 0 Å². The number of methoxy groups -OCH3 is 1. The lowest BCUT2D eigenvalue weighted by Gasteiger charge is -2.51. The molecule has 2 rings (SSSR count). The highest BCUT2D eigenvalue weighted by Crippen LogP contribution is 2.52. The van der Waals surface area contributed by atoms with Crippen LogP contribution in [0.15, 0.2) is 0 Å². The van der Waals surface area contributed by atoms with Crippen molar-refractivity contribution in [2.45, 2.75) is 79.1 Å². The van der Waals surface area contributed by atoms with Crippen LogP contribution in [0.1, 0.15) is 79.1 Å². The number of ether oxygens (including phenoxy) is 1. The standard InChI is InChI=1S/C11H19NO2.C8H18.CH5N/c1-9-7-11(8-9)3-5-12(6-4-11)10(13)14-2;1-4-6-7-8(3)5-2;1-2/h9H,3-8H2,1-2H3;8H,4-7H2,1-3H3;2H2,1H3. The molecular weight excluding hydrogens is 300 g/mol. The zero-order chi connectivity index (χ0) is 18.6. The Labute approximate surface area is 150 Å². The van der Waals surface area contributed by atoms with Crippen LogP contribution in [0.4, 0.5) is 4.79 Å². The van der Waals surface area contributed by atoms with Gasteiger partial charge in [-0.25, -0.2) is 4.79 Å². The molecule has 0 bridgehead atoms. The van der Waals surface area contributed by atoms with Gasteiger partial charge in [0.15, 0.2) is 0 Å². The first kappa shape index (κ1) is 23.2. The number of unbranched alkanes of at least 4 members (excludes halogenated alkanes) is 1. The van der Waals surface area contributed by atoms with Gasteiger partial charge in [-0.1, -0.05) is 53.4 Å². The average molecular weight is 343 g/mol. The van der Waals surface area contributed by atoms with Crippen molar-refractivity contribution < 1.29 is 9.53 Å². The first-order valence-corrected chi connectivity index (χ1v) is 9.87. The zero-order valence-electron chi connectivity index (χ0n) is 17.1. The maximum atomic E-state index is 11.3. The lowest BCUT2D eigenvalue weighted by atomic mass is 9.58. The van der Waals surface area contributed by atoms with Crippen LogP contribution in [-0.4, -0.2) is 38.2 Å². The average Bonchev–Trinajstić information content (AvgIpc) is 2.60. The second-order valence-corrected chi connectivity index (χ2v) is 7.63. The van der Waals surface area contributed by atoms with Gasteiger partial charge in [-0.3, -0.25) is 0 Å². The Bertz CT molecular complexity index is 318. The highest BCUT2D eigenvalue weighted by atomic mass is 16.5. The number of hydrogen-bond acceptors (Lipinski definition) is 3. The van der Waals surface area contributed by atoms with Crippen LogP contribution in [0.5, 0.6) is 0 Å². The number of carbonyl (C=O) groups excluding carboxylic acids is 1. The molecule has 1 aliphatic heterocycles. The molecule has 0 radical (unpaired) electrons. The molecule has 144 valence electrons. The molecule has 1 heterocycles. The summed E-state index contributed by atoms with van der Waals surface area (Å²) in [5.74, 6) is 1.86. The van der Waals surface area contributed by atoms with Crippen molar-refractivity contribution in [2.75, 3.05) is 27.2 Å². The predicted octanol–water partition coefficient (Wildman–Crippen LogP) is 5.06. The fourth-order valence-electron chi connectivity index (χ4n) is 3.88. The van der Waals surface area contributed by atoms with Gasteiger partial charge in [0.1, 0.15) is 0 Å². The van der Waals surface area contributed by atoms with E-state index in [0.29, 0.717) is 5.41 Å². The predicted molar refractivity (Wildman–Crippen MR) is 103 cm³/mol. The van der Waals surface area contributed by atoms with Crippen LogP contribution in [0.25, 0.3) is 0 Å². The number of nitrogens with zero attached hydrogens (tertiary/aromatic N) is 1. The van der Waals surface area contributed by atoms with Crippen LogP contribution >= 0.6 is 0 Å².